The molecule has 4 N–H and O–H groups in total. The molecule has 0 unspecified atom stereocenters. The number of aryl methyl sites for hydroxylation is 1. The second-order valence-corrected chi connectivity index (χ2v) is 4.65. The van der Waals surface area contributed by atoms with Gasteiger partial charge in [0, 0.05) is 17.8 Å². The summed E-state index contributed by atoms with van der Waals surface area (Å²) in [7, 11) is 3.23. The Morgan fingerprint density at radius 1 is 1.05 bits per heavy atom. The van der Waals surface area contributed by atoms with E-state index in [2.05, 4.69) is 0 Å². The maximum Gasteiger partial charge on any atom is 0.165 e. The summed E-state index contributed by atoms with van der Waals surface area (Å²) in [5.41, 5.74) is 16.6. The molecule has 2 aromatic rings. The van der Waals surface area contributed by atoms with E-state index in [4.69, 9.17) is 20.9 Å². The Bertz CT molecular complexity index is 599. The predicted molar refractivity (Wildman–Crippen MR) is 82.0 cm³/mol. The van der Waals surface area contributed by atoms with Gasteiger partial charge in [0.15, 0.2) is 11.5 Å². The topological polar surface area (TPSA) is 70.5 Å². The maximum absolute atomic E-state index is 5.88. The molecule has 2 rings (SSSR count). The lowest BCUT2D eigenvalue weighted by atomic mass is 9.97. The van der Waals surface area contributed by atoms with Crippen LogP contribution in [-0.4, -0.2) is 14.2 Å². The van der Waals surface area contributed by atoms with Gasteiger partial charge in [0.25, 0.3) is 0 Å². The van der Waals surface area contributed by atoms with Crippen LogP contribution in [0.5, 0.6) is 11.5 Å². The van der Waals surface area contributed by atoms with Crippen molar-refractivity contribution in [1.82, 2.24) is 0 Å². The Morgan fingerprint density at radius 2 is 1.80 bits per heavy atom. The van der Waals surface area contributed by atoms with Gasteiger partial charge in [-0.3, -0.25) is 0 Å². The van der Waals surface area contributed by atoms with Crippen molar-refractivity contribution < 1.29 is 9.47 Å². The van der Waals surface area contributed by atoms with Crippen molar-refractivity contribution in [1.29, 1.82) is 0 Å². The monoisotopic (exact) mass is 272 g/mol. The molecule has 4 nitrogen and oxygen atoms in total. The Morgan fingerprint density at radius 3 is 2.40 bits per heavy atom. The molecule has 20 heavy (non-hydrogen) atoms. The highest BCUT2D eigenvalue weighted by Crippen LogP contribution is 2.37. The molecule has 0 bridgehead atoms. The van der Waals surface area contributed by atoms with Crippen LogP contribution in [-0.2, 0) is 6.54 Å². The number of anilines is 1. The molecule has 0 atom stereocenters. The summed E-state index contributed by atoms with van der Waals surface area (Å²) < 4.78 is 10.8. The molecular weight excluding hydrogens is 252 g/mol. The number of hydrogen-bond donors (Lipinski definition) is 2. The van der Waals surface area contributed by atoms with Gasteiger partial charge in [-0.1, -0.05) is 6.07 Å². The summed E-state index contributed by atoms with van der Waals surface area (Å²) in [5, 5.41) is 0. The lowest BCUT2D eigenvalue weighted by molar-refractivity contribution is 0.352. The van der Waals surface area contributed by atoms with Crippen molar-refractivity contribution in [3.63, 3.8) is 0 Å². The summed E-state index contributed by atoms with van der Waals surface area (Å²) in [6.07, 6.45) is 0. The Kier molecular flexibility index (Phi) is 4.15. The van der Waals surface area contributed by atoms with E-state index in [1.165, 1.54) is 0 Å². The predicted octanol–water partition coefficient (Wildman–Crippen LogP) is 2.72. The maximum atomic E-state index is 5.88. The van der Waals surface area contributed by atoms with Crippen LogP contribution in [0.1, 0.15) is 11.1 Å². The van der Waals surface area contributed by atoms with Gasteiger partial charge >= 0.3 is 0 Å². The average molecular weight is 272 g/mol. The molecule has 2 aromatic carbocycles. The fraction of sp³-hybridized carbons (Fsp3) is 0.250. The molecule has 0 aliphatic rings. The number of nitrogens with two attached hydrogens (primary N) is 2. The number of ether oxygens (including phenoxy) is 2. The molecule has 4 heteroatoms. The van der Waals surface area contributed by atoms with Crippen LogP contribution < -0.4 is 20.9 Å². The number of methoxy groups -OCH3 is 2. The van der Waals surface area contributed by atoms with Gasteiger partial charge in [-0.25, -0.2) is 0 Å². The highest BCUT2D eigenvalue weighted by Gasteiger charge is 2.13. The van der Waals surface area contributed by atoms with E-state index >= 15 is 0 Å². The molecule has 0 aromatic heterocycles. The fourth-order valence-corrected chi connectivity index (χ4v) is 2.30. The summed E-state index contributed by atoms with van der Waals surface area (Å²) >= 11 is 0. The van der Waals surface area contributed by atoms with Gasteiger partial charge in [-0.2, -0.15) is 0 Å². The van der Waals surface area contributed by atoms with Gasteiger partial charge in [0.05, 0.1) is 14.2 Å². The van der Waals surface area contributed by atoms with E-state index in [-0.39, 0.29) is 0 Å². The first-order valence-electron chi connectivity index (χ1n) is 6.42. The molecule has 0 radical (unpaired) electrons. The minimum atomic E-state index is 0.384. The molecule has 0 aliphatic carbocycles. The number of rotatable bonds is 4. The Hall–Kier alpha value is -2.20. The van der Waals surface area contributed by atoms with Crippen LogP contribution in [0.25, 0.3) is 11.1 Å². The molecule has 0 saturated carbocycles. The number of benzene rings is 2. The van der Waals surface area contributed by atoms with Crippen molar-refractivity contribution >= 4 is 5.69 Å². The van der Waals surface area contributed by atoms with Crippen LogP contribution in [0.3, 0.4) is 0 Å². The van der Waals surface area contributed by atoms with Crippen molar-refractivity contribution in [3.8, 4) is 22.6 Å². The van der Waals surface area contributed by atoms with Crippen LogP contribution in [0.4, 0.5) is 5.69 Å². The van der Waals surface area contributed by atoms with Crippen LogP contribution in [0.15, 0.2) is 30.3 Å². The smallest absolute Gasteiger partial charge is 0.165 e. The SMILES string of the molecule is COc1cc(-c2cc(N)ccc2C)cc(CN)c1OC. The van der Waals surface area contributed by atoms with E-state index in [1.807, 2.05) is 37.3 Å². The third-order valence-electron chi connectivity index (χ3n) is 3.35. The summed E-state index contributed by atoms with van der Waals surface area (Å²) in [5.74, 6) is 1.35. The molecule has 0 saturated heterocycles. The third kappa shape index (κ3) is 2.56. The first-order chi connectivity index (χ1) is 9.60. The van der Waals surface area contributed by atoms with E-state index in [0.29, 0.717) is 18.0 Å². The quantitative estimate of drug-likeness (QED) is 0.840. The second-order valence-electron chi connectivity index (χ2n) is 4.65. The third-order valence-corrected chi connectivity index (χ3v) is 3.35. The second kappa shape index (κ2) is 5.84. The van der Waals surface area contributed by atoms with Crippen molar-refractivity contribution in [2.75, 3.05) is 20.0 Å². The average Bonchev–Trinajstić information content (AvgIpc) is 2.48. The van der Waals surface area contributed by atoms with Gasteiger partial charge in [-0.15, -0.1) is 0 Å². The number of nitrogen functional groups attached to an aromatic ring is 1. The van der Waals surface area contributed by atoms with Gasteiger partial charge in [0.2, 0.25) is 0 Å². The first-order valence-corrected chi connectivity index (χ1v) is 6.42. The Balaban J connectivity index is 2.65. The molecule has 106 valence electrons. The van der Waals surface area contributed by atoms with Gasteiger partial charge in [0.1, 0.15) is 0 Å². The molecule has 0 heterocycles. The van der Waals surface area contributed by atoms with Crippen LogP contribution in [0, 0.1) is 6.92 Å². The molecular formula is C16H20N2O2. The van der Waals surface area contributed by atoms with E-state index in [9.17, 15) is 0 Å². The lowest BCUT2D eigenvalue weighted by Gasteiger charge is -2.15. The Labute approximate surface area is 119 Å². The fourth-order valence-electron chi connectivity index (χ4n) is 2.30. The molecule has 0 fully saturated rings. The summed E-state index contributed by atoms with van der Waals surface area (Å²) in [4.78, 5) is 0. The van der Waals surface area contributed by atoms with Crippen molar-refractivity contribution in [2.24, 2.45) is 5.73 Å². The highest BCUT2D eigenvalue weighted by atomic mass is 16.5. The molecule has 0 aliphatic heterocycles. The molecule has 0 spiro atoms. The highest BCUT2D eigenvalue weighted by molar-refractivity contribution is 5.74. The largest absolute Gasteiger partial charge is 0.493 e. The molecule has 0 amide bonds. The minimum Gasteiger partial charge on any atom is -0.493 e. The van der Waals surface area contributed by atoms with Crippen LogP contribution >= 0.6 is 0 Å². The lowest BCUT2D eigenvalue weighted by Crippen LogP contribution is -2.02. The van der Waals surface area contributed by atoms with Crippen LogP contribution in [0.2, 0.25) is 0 Å². The van der Waals surface area contributed by atoms with Crippen molar-refractivity contribution in [2.45, 2.75) is 13.5 Å². The van der Waals surface area contributed by atoms with E-state index in [1.54, 1.807) is 14.2 Å². The first kappa shape index (κ1) is 14.2. The summed E-state index contributed by atoms with van der Waals surface area (Å²) in [6.45, 7) is 2.43. The van der Waals surface area contributed by atoms with Crippen molar-refractivity contribution in [3.05, 3.63) is 41.5 Å². The normalized spacial score (nSPS) is 10.4. The zero-order chi connectivity index (χ0) is 14.7. The number of hydrogen-bond acceptors (Lipinski definition) is 4. The van der Waals surface area contributed by atoms with E-state index < -0.39 is 0 Å². The summed E-state index contributed by atoms with van der Waals surface area (Å²) in [6, 6.07) is 9.81. The van der Waals surface area contributed by atoms with Gasteiger partial charge < -0.3 is 20.9 Å². The zero-order valence-electron chi connectivity index (χ0n) is 12.1. The standard InChI is InChI=1S/C16H20N2O2/c1-10-4-5-13(18)8-14(10)11-6-12(9-17)16(20-3)15(7-11)19-2/h4-8H,9,17-18H2,1-3H3. The zero-order valence-corrected chi connectivity index (χ0v) is 12.1. The minimum absolute atomic E-state index is 0.384. The van der Waals surface area contributed by atoms with Gasteiger partial charge in [-0.05, 0) is 47.9 Å². The van der Waals surface area contributed by atoms with E-state index in [0.717, 1.165) is 27.9 Å².